The maximum atomic E-state index is 12.6. The van der Waals surface area contributed by atoms with Gasteiger partial charge in [-0.3, -0.25) is 4.98 Å². The molecular weight excluding hydrogens is 266 g/mol. The van der Waals surface area contributed by atoms with Gasteiger partial charge in [0.1, 0.15) is 0 Å². The second-order valence-corrected chi connectivity index (χ2v) is 3.48. The van der Waals surface area contributed by atoms with Crippen molar-refractivity contribution in [3.63, 3.8) is 0 Å². The minimum Gasteiger partial charge on any atom is -0.375 e. The summed E-state index contributed by atoms with van der Waals surface area (Å²) in [7, 11) is 0. The molecule has 9 heteroatoms. The highest BCUT2D eigenvalue weighted by Gasteiger charge is 2.57. The van der Waals surface area contributed by atoms with E-state index in [4.69, 9.17) is 5.73 Å². The average Bonchev–Trinajstić information content (AvgIpc) is 2.25. The van der Waals surface area contributed by atoms with E-state index in [1.54, 1.807) is 0 Å². The van der Waals surface area contributed by atoms with E-state index in [9.17, 15) is 31.4 Å². The maximum absolute atomic E-state index is 12.6. The summed E-state index contributed by atoms with van der Waals surface area (Å²) < 4.78 is 75.6. The molecule has 0 saturated carbocycles. The van der Waals surface area contributed by atoms with E-state index in [-0.39, 0.29) is 0 Å². The number of nitrogens with two attached hydrogens (primary N) is 1. The third-order valence-electron chi connectivity index (χ3n) is 2.34. The smallest absolute Gasteiger partial charge is 0.375 e. The molecule has 0 aliphatic carbocycles. The van der Waals surface area contributed by atoms with Crippen LogP contribution in [0.5, 0.6) is 0 Å². The van der Waals surface area contributed by atoms with Crippen molar-refractivity contribution in [3.8, 4) is 0 Å². The molecule has 0 bridgehead atoms. The lowest BCUT2D eigenvalue weighted by molar-refractivity contribution is -0.264. The number of halogens is 6. The summed E-state index contributed by atoms with van der Waals surface area (Å²) >= 11 is 0. The van der Waals surface area contributed by atoms with Crippen LogP contribution in [-0.4, -0.2) is 22.8 Å². The molecular formula is C9H8F6N2O. The summed E-state index contributed by atoms with van der Waals surface area (Å²) in [5, 5.41) is 9.38. The van der Waals surface area contributed by atoms with Crippen LogP contribution in [0.2, 0.25) is 0 Å². The van der Waals surface area contributed by atoms with Gasteiger partial charge in [-0.2, -0.15) is 26.3 Å². The van der Waals surface area contributed by atoms with Crippen molar-refractivity contribution in [3.05, 3.63) is 29.6 Å². The van der Waals surface area contributed by atoms with E-state index in [0.717, 1.165) is 0 Å². The summed E-state index contributed by atoms with van der Waals surface area (Å²) in [5.41, 5.74) is -2.05. The second-order valence-electron chi connectivity index (χ2n) is 3.48. The summed E-state index contributed by atoms with van der Waals surface area (Å²) in [6.07, 6.45) is -9.40. The largest absolute Gasteiger partial charge is 0.422 e. The Morgan fingerprint density at radius 1 is 1.11 bits per heavy atom. The van der Waals surface area contributed by atoms with Crippen molar-refractivity contribution in [2.45, 2.75) is 18.0 Å². The lowest BCUT2D eigenvalue weighted by Crippen LogP contribution is -2.49. The first-order valence-electron chi connectivity index (χ1n) is 4.55. The third-order valence-corrected chi connectivity index (χ3v) is 2.34. The number of aromatic nitrogens is 1. The van der Waals surface area contributed by atoms with Crippen LogP contribution in [0.1, 0.15) is 11.1 Å². The van der Waals surface area contributed by atoms with Gasteiger partial charge in [-0.05, 0) is 6.07 Å². The van der Waals surface area contributed by atoms with Crippen LogP contribution >= 0.6 is 0 Å². The van der Waals surface area contributed by atoms with Crippen molar-refractivity contribution < 1.29 is 31.4 Å². The molecule has 0 amide bonds. The number of alkyl halides is 6. The van der Waals surface area contributed by atoms with Gasteiger partial charge in [0.15, 0.2) is 5.60 Å². The van der Waals surface area contributed by atoms with Gasteiger partial charge in [0.05, 0.1) is 5.56 Å². The fraction of sp³-hybridized carbons (Fsp3) is 0.444. The highest BCUT2D eigenvalue weighted by Crippen LogP contribution is 2.43. The van der Waals surface area contributed by atoms with Crippen molar-refractivity contribution >= 4 is 0 Å². The van der Waals surface area contributed by atoms with Gasteiger partial charge in [0.2, 0.25) is 0 Å². The molecule has 18 heavy (non-hydrogen) atoms. The SMILES string of the molecule is NCC(O)(c1cnccc1C(F)(F)F)C(F)(F)F. The lowest BCUT2D eigenvalue weighted by atomic mass is 9.90. The van der Waals surface area contributed by atoms with Gasteiger partial charge in [-0.15, -0.1) is 0 Å². The molecule has 1 unspecified atom stereocenters. The van der Waals surface area contributed by atoms with Crippen LogP contribution in [0, 0.1) is 0 Å². The standard InChI is InChI=1S/C9H8F6N2O/c10-8(11,12)5-1-2-17-3-6(5)7(18,4-16)9(13,14)15/h1-3,18H,4,16H2. The molecule has 1 heterocycles. The number of hydrogen-bond donors (Lipinski definition) is 2. The van der Waals surface area contributed by atoms with Crippen LogP contribution < -0.4 is 5.73 Å². The first kappa shape index (κ1) is 14.7. The van der Waals surface area contributed by atoms with Gasteiger partial charge in [-0.25, -0.2) is 0 Å². The topological polar surface area (TPSA) is 59.1 Å². The van der Waals surface area contributed by atoms with Crippen LogP contribution in [0.25, 0.3) is 0 Å². The van der Waals surface area contributed by atoms with Crippen LogP contribution in [0.4, 0.5) is 26.3 Å². The minimum absolute atomic E-state index is 0.309. The second kappa shape index (κ2) is 4.39. The Morgan fingerprint density at radius 2 is 1.67 bits per heavy atom. The zero-order valence-corrected chi connectivity index (χ0v) is 8.68. The molecule has 1 atom stereocenters. The Labute approximate surface area is 97.2 Å². The van der Waals surface area contributed by atoms with E-state index >= 15 is 0 Å². The normalized spacial score (nSPS) is 16.4. The Kier molecular flexibility index (Phi) is 3.59. The van der Waals surface area contributed by atoms with Gasteiger partial charge in [-0.1, -0.05) is 0 Å². The van der Waals surface area contributed by atoms with Gasteiger partial charge >= 0.3 is 12.4 Å². The molecule has 0 spiro atoms. The molecule has 0 fully saturated rings. The zero-order chi connectivity index (χ0) is 14.2. The first-order chi connectivity index (χ1) is 8.04. The minimum atomic E-state index is -5.34. The number of aliphatic hydroxyl groups is 1. The monoisotopic (exact) mass is 274 g/mol. The van der Waals surface area contributed by atoms with Gasteiger partial charge in [0.25, 0.3) is 0 Å². The molecule has 102 valence electrons. The number of rotatable bonds is 2. The number of pyridine rings is 1. The molecule has 0 aliphatic heterocycles. The first-order valence-corrected chi connectivity index (χ1v) is 4.55. The molecule has 1 aromatic rings. The molecule has 1 aromatic heterocycles. The highest BCUT2D eigenvalue weighted by molar-refractivity contribution is 5.33. The average molecular weight is 274 g/mol. The molecule has 0 aliphatic rings. The van der Waals surface area contributed by atoms with Gasteiger partial charge in [0, 0.05) is 24.5 Å². The van der Waals surface area contributed by atoms with Crippen molar-refractivity contribution in [2.75, 3.05) is 6.54 Å². The fourth-order valence-electron chi connectivity index (χ4n) is 1.35. The Balaban J connectivity index is 3.50. The van der Waals surface area contributed by atoms with E-state index in [0.29, 0.717) is 18.5 Å². The molecule has 0 aromatic carbocycles. The van der Waals surface area contributed by atoms with E-state index in [1.807, 2.05) is 0 Å². The van der Waals surface area contributed by atoms with E-state index in [2.05, 4.69) is 4.98 Å². The summed E-state index contributed by atoms with van der Waals surface area (Å²) in [4.78, 5) is 3.17. The fourth-order valence-corrected chi connectivity index (χ4v) is 1.35. The van der Waals surface area contributed by atoms with Crippen molar-refractivity contribution in [2.24, 2.45) is 5.73 Å². The zero-order valence-electron chi connectivity index (χ0n) is 8.68. The predicted molar refractivity (Wildman–Crippen MR) is 48.2 cm³/mol. The van der Waals surface area contributed by atoms with Gasteiger partial charge < -0.3 is 10.8 Å². The molecule has 3 nitrogen and oxygen atoms in total. The lowest BCUT2D eigenvalue weighted by Gasteiger charge is -2.31. The summed E-state index contributed by atoms with van der Waals surface area (Å²) in [6, 6.07) is 0.349. The number of hydrogen-bond acceptors (Lipinski definition) is 3. The predicted octanol–water partition coefficient (Wildman–Crippen LogP) is 1.81. The quantitative estimate of drug-likeness (QED) is 0.809. The van der Waals surface area contributed by atoms with Crippen LogP contribution in [0.3, 0.4) is 0 Å². The van der Waals surface area contributed by atoms with E-state index in [1.165, 1.54) is 0 Å². The van der Waals surface area contributed by atoms with Crippen LogP contribution in [-0.2, 0) is 11.8 Å². The van der Waals surface area contributed by atoms with Crippen molar-refractivity contribution in [1.29, 1.82) is 0 Å². The summed E-state index contributed by atoms with van der Waals surface area (Å²) in [6.45, 7) is -1.44. The highest BCUT2D eigenvalue weighted by atomic mass is 19.4. The van der Waals surface area contributed by atoms with Crippen LogP contribution in [0.15, 0.2) is 18.5 Å². The Bertz CT molecular complexity index is 430. The molecule has 0 saturated heterocycles. The maximum Gasteiger partial charge on any atom is 0.422 e. The van der Waals surface area contributed by atoms with Crippen molar-refractivity contribution in [1.82, 2.24) is 4.98 Å². The third kappa shape index (κ3) is 2.41. The summed E-state index contributed by atoms with van der Waals surface area (Å²) in [5.74, 6) is 0. The Morgan fingerprint density at radius 3 is 2.06 bits per heavy atom. The molecule has 3 N–H and O–H groups in total. The molecule has 1 rings (SSSR count). The van der Waals surface area contributed by atoms with E-state index < -0.39 is 35.6 Å². The number of nitrogens with zero attached hydrogens (tertiary/aromatic N) is 1. The molecule has 0 radical (unpaired) electrons. The Hall–Kier alpha value is -1.35.